The number of anilines is 1. The second-order valence-corrected chi connectivity index (χ2v) is 8.81. The highest BCUT2D eigenvalue weighted by Crippen LogP contribution is 2.23. The molecular weight excluding hydrogens is 421 g/mol. The standard InChI is InChI=1S/C20H23F3N2O4S/c1-14-7-9-17(10-8-14)25(3)30(27,28)18-6-4-5-16(11-18)19(26)24-15(2)12-29-13-20(21,22)23/h4-11,15H,12-13H2,1-3H3,(H,24,26). The number of aryl methyl sites for hydroxylation is 1. The van der Waals surface area contributed by atoms with E-state index >= 15 is 0 Å². The van der Waals surface area contributed by atoms with E-state index in [1.54, 1.807) is 24.3 Å². The Morgan fingerprint density at radius 2 is 1.80 bits per heavy atom. The summed E-state index contributed by atoms with van der Waals surface area (Å²) in [6.07, 6.45) is -4.45. The summed E-state index contributed by atoms with van der Waals surface area (Å²) in [5.74, 6) is -0.617. The first kappa shape index (κ1) is 23.7. The summed E-state index contributed by atoms with van der Waals surface area (Å²) >= 11 is 0. The number of benzene rings is 2. The van der Waals surface area contributed by atoms with E-state index in [-0.39, 0.29) is 17.1 Å². The highest BCUT2D eigenvalue weighted by atomic mass is 32.2. The first-order valence-electron chi connectivity index (χ1n) is 9.01. The minimum atomic E-state index is -4.45. The molecule has 0 heterocycles. The molecule has 2 aromatic rings. The first-order chi connectivity index (χ1) is 13.9. The zero-order valence-corrected chi connectivity index (χ0v) is 17.5. The van der Waals surface area contributed by atoms with Gasteiger partial charge in [0, 0.05) is 18.7 Å². The number of carbonyl (C=O) groups is 1. The highest BCUT2D eigenvalue weighted by Gasteiger charge is 2.28. The van der Waals surface area contributed by atoms with Gasteiger partial charge in [-0.05, 0) is 44.2 Å². The molecule has 0 aliphatic rings. The Labute approximate surface area is 173 Å². The largest absolute Gasteiger partial charge is 0.411 e. The lowest BCUT2D eigenvalue weighted by Crippen LogP contribution is -2.37. The van der Waals surface area contributed by atoms with Crippen LogP contribution in [-0.2, 0) is 14.8 Å². The van der Waals surface area contributed by atoms with Crippen molar-refractivity contribution in [1.82, 2.24) is 5.32 Å². The van der Waals surface area contributed by atoms with Crippen molar-refractivity contribution in [2.45, 2.75) is 31.0 Å². The molecule has 30 heavy (non-hydrogen) atoms. The molecule has 0 aliphatic heterocycles. The molecule has 1 atom stereocenters. The minimum Gasteiger partial charge on any atom is -0.370 e. The van der Waals surface area contributed by atoms with E-state index in [9.17, 15) is 26.4 Å². The summed E-state index contributed by atoms with van der Waals surface area (Å²) in [5, 5.41) is 2.49. The summed E-state index contributed by atoms with van der Waals surface area (Å²) in [4.78, 5) is 12.3. The fraction of sp³-hybridized carbons (Fsp3) is 0.350. The number of halogens is 3. The van der Waals surface area contributed by atoms with Gasteiger partial charge in [0.2, 0.25) is 0 Å². The quantitative estimate of drug-likeness (QED) is 0.676. The molecule has 2 aromatic carbocycles. The van der Waals surface area contributed by atoms with Gasteiger partial charge in [0.05, 0.1) is 17.2 Å². The third-order valence-corrected chi connectivity index (χ3v) is 5.94. The average Bonchev–Trinajstić information content (AvgIpc) is 2.67. The lowest BCUT2D eigenvalue weighted by Gasteiger charge is -2.20. The molecule has 10 heteroatoms. The van der Waals surface area contributed by atoms with Crippen LogP contribution >= 0.6 is 0 Å². The Bertz CT molecular complexity index is 976. The molecule has 1 N–H and O–H groups in total. The molecule has 0 saturated carbocycles. The number of amides is 1. The zero-order valence-electron chi connectivity index (χ0n) is 16.7. The maximum absolute atomic E-state index is 12.9. The molecule has 2 rings (SSSR count). The molecular formula is C20H23F3N2O4S. The number of ether oxygens (including phenoxy) is 1. The van der Waals surface area contributed by atoms with E-state index in [1.165, 1.54) is 38.2 Å². The number of hydrogen-bond donors (Lipinski definition) is 1. The van der Waals surface area contributed by atoms with Crippen LogP contribution in [0.4, 0.5) is 18.9 Å². The van der Waals surface area contributed by atoms with Crippen LogP contribution in [0.5, 0.6) is 0 Å². The predicted molar refractivity (Wildman–Crippen MR) is 107 cm³/mol. The fourth-order valence-electron chi connectivity index (χ4n) is 2.55. The van der Waals surface area contributed by atoms with Crippen molar-refractivity contribution in [2.24, 2.45) is 0 Å². The first-order valence-corrected chi connectivity index (χ1v) is 10.4. The van der Waals surface area contributed by atoms with Gasteiger partial charge in [0.15, 0.2) is 0 Å². The Kier molecular flexibility index (Phi) is 7.49. The maximum Gasteiger partial charge on any atom is 0.411 e. The van der Waals surface area contributed by atoms with Crippen molar-refractivity contribution < 1.29 is 31.1 Å². The van der Waals surface area contributed by atoms with Gasteiger partial charge in [-0.3, -0.25) is 9.10 Å². The summed E-state index contributed by atoms with van der Waals surface area (Å²) in [6.45, 7) is 1.63. The molecule has 6 nitrogen and oxygen atoms in total. The van der Waals surface area contributed by atoms with Gasteiger partial charge in [0.25, 0.3) is 15.9 Å². The van der Waals surface area contributed by atoms with Crippen molar-refractivity contribution in [3.8, 4) is 0 Å². The van der Waals surface area contributed by atoms with E-state index in [4.69, 9.17) is 0 Å². The van der Waals surface area contributed by atoms with Gasteiger partial charge in [0.1, 0.15) is 6.61 Å². The Hall–Kier alpha value is -2.59. The number of nitrogens with one attached hydrogen (secondary N) is 1. The third kappa shape index (κ3) is 6.46. The predicted octanol–water partition coefficient (Wildman–Crippen LogP) is 3.52. The van der Waals surface area contributed by atoms with Crippen molar-refractivity contribution in [3.05, 3.63) is 59.7 Å². The monoisotopic (exact) mass is 444 g/mol. The Morgan fingerprint density at radius 3 is 2.40 bits per heavy atom. The zero-order chi connectivity index (χ0) is 22.5. The van der Waals surface area contributed by atoms with Crippen molar-refractivity contribution in [1.29, 1.82) is 0 Å². The third-order valence-electron chi connectivity index (χ3n) is 4.16. The Morgan fingerprint density at radius 1 is 1.17 bits per heavy atom. The lowest BCUT2D eigenvalue weighted by molar-refractivity contribution is -0.174. The van der Waals surface area contributed by atoms with Crippen molar-refractivity contribution in [3.63, 3.8) is 0 Å². The molecule has 0 spiro atoms. The number of carbonyl (C=O) groups excluding carboxylic acids is 1. The van der Waals surface area contributed by atoms with E-state index in [0.29, 0.717) is 5.69 Å². The van der Waals surface area contributed by atoms with Crippen LogP contribution in [0, 0.1) is 6.92 Å². The van der Waals surface area contributed by atoms with Gasteiger partial charge in [-0.2, -0.15) is 13.2 Å². The number of sulfonamides is 1. The van der Waals surface area contributed by atoms with Gasteiger partial charge in [-0.1, -0.05) is 23.8 Å². The molecule has 0 bridgehead atoms. The van der Waals surface area contributed by atoms with Crippen LogP contribution in [0.1, 0.15) is 22.8 Å². The van der Waals surface area contributed by atoms with Crippen LogP contribution < -0.4 is 9.62 Å². The second kappa shape index (κ2) is 9.48. The van der Waals surface area contributed by atoms with Gasteiger partial charge >= 0.3 is 6.18 Å². The van der Waals surface area contributed by atoms with Crippen LogP contribution in [0.3, 0.4) is 0 Å². The summed E-state index contributed by atoms with van der Waals surface area (Å²) in [5.41, 5.74) is 1.51. The van der Waals surface area contributed by atoms with Crippen LogP contribution in [0.15, 0.2) is 53.4 Å². The molecule has 0 saturated heterocycles. The summed E-state index contributed by atoms with van der Waals surface area (Å²) in [6, 6.07) is 11.7. The maximum atomic E-state index is 12.9. The smallest absolute Gasteiger partial charge is 0.370 e. The summed E-state index contributed by atoms with van der Waals surface area (Å²) in [7, 11) is -2.51. The van der Waals surface area contributed by atoms with Gasteiger partial charge in [-0.25, -0.2) is 8.42 Å². The molecule has 0 radical (unpaired) electrons. The molecule has 0 fully saturated rings. The minimum absolute atomic E-state index is 0.0658. The van der Waals surface area contributed by atoms with Crippen LogP contribution in [0.25, 0.3) is 0 Å². The second-order valence-electron chi connectivity index (χ2n) is 6.84. The normalized spacial score (nSPS) is 13.0. The Balaban J connectivity index is 2.10. The molecule has 164 valence electrons. The number of nitrogens with zero attached hydrogens (tertiary/aromatic N) is 1. The topological polar surface area (TPSA) is 75.7 Å². The van der Waals surface area contributed by atoms with Crippen molar-refractivity contribution >= 4 is 21.6 Å². The molecule has 1 unspecified atom stereocenters. The number of hydrogen-bond acceptors (Lipinski definition) is 4. The van der Waals surface area contributed by atoms with E-state index in [2.05, 4.69) is 10.1 Å². The van der Waals surface area contributed by atoms with Crippen LogP contribution in [0.2, 0.25) is 0 Å². The number of rotatable bonds is 8. The average molecular weight is 444 g/mol. The molecule has 0 aliphatic carbocycles. The SMILES string of the molecule is Cc1ccc(N(C)S(=O)(=O)c2cccc(C(=O)NC(C)COCC(F)(F)F)c2)cc1. The van der Waals surface area contributed by atoms with E-state index < -0.39 is 34.8 Å². The molecule has 1 amide bonds. The molecule has 0 aromatic heterocycles. The summed E-state index contributed by atoms with van der Waals surface area (Å²) < 4.78 is 67.8. The van der Waals surface area contributed by atoms with Crippen LogP contribution in [-0.4, -0.2) is 46.8 Å². The fourth-order valence-corrected chi connectivity index (χ4v) is 3.79. The van der Waals surface area contributed by atoms with Crippen molar-refractivity contribution in [2.75, 3.05) is 24.6 Å². The lowest BCUT2D eigenvalue weighted by atomic mass is 10.2. The van der Waals surface area contributed by atoms with Gasteiger partial charge in [-0.15, -0.1) is 0 Å². The number of alkyl halides is 3. The van der Waals surface area contributed by atoms with Gasteiger partial charge < -0.3 is 10.1 Å². The van der Waals surface area contributed by atoms with E-state index in [1.807, 2.05) is 6.92 Å². The van der Waals surface area contributed by atoms with E-state index in [0.717, 1.165) is 9.87 Å². The highest BCUT2D eigenvalue weighted by molar-refractivity contribution is 7.92.